The van der Waals surface area contributed by atoms with Crippen molar-refractivity contribution in [2.75, 3.05) is 32.1 Å². The van der Waals surface area contributed by atoms with E-state index in [0.29, 0.717) is 6.54 Å². The van der Waals surface area contributed by atoms with Gasteiger partial charge >= 0.3 is 0 Å². The van der Waals surface area contributed by atoms with Crippen LogP contribution < -0.4 is 10.2 Å². The number of nitrogens with one attached hydrogen (secondary N) is 1. The fraction of sp³-hybridized carbons (Fsp3) is 0.429. The lowest BCUT2D eigenvalue weighted by atomic mass is 10.2. The molecule has 0 amide bonds. The zero-order valence-corrected chi connectivity index (χ0v) is 16.9. The van der Waals surface area contributed by atoms with Crippen molar-refractivity contribution in [2.45, 2.75) is 32.0 Å². The number of ether oxygens (including phenoxy) is 1. The minimum absolute atomic E-state index is 0.263. The molecule has 0 unspecified atom stereocenters. The highest BCUT2D eigenvalue weighted by Crippen LogP contribution is 2.16. The van der Waals surface area contributed by atoms with E-state index >= 15 is 0 Å². The molecule has 0 saturated carbocycles. The van der Waals surface area contributed by atoms with Crippen LogP contribution in [0, 0.1) is 0 Å². The quantitative estimate of drug-likeness (QED) is 0.740. The molecule has 0 radical (unpaired) electrons. The van der Waals surface area contributed by atoms with Gasteiger partial charge in [-0.05, 0) is 54.9 Å². The molecule has 5 nitrogen and oxygen atoms in total. The fourth-order valence-electron chi connectivity index (χ4n) is 3.12. The monoisotopic (exact) mass is 384 g/mol. The molecule has 1 aliphatic rings. The van der Waals surface area contributed by atoms with Crippen LogP contribution in [0.5, 0.6) is 0 Å². The van der Waals surface area contributed by atoms with E-state index in [1.807, 2.05) is 38.5 Å². The van der Waals surface area contributed by atoms with Gasteiger partial charge in [0.1, 0.15) is 0 Å². The Labute approximate surface area is 167 Å². The standard InChI is InChI=1S/C21H28N4OS/c1-24(2)19-10-8-17(9-11-19)15-25(16-18-6-3-4-12-22-18)21(27)23-14-20-7-5-13-26-20/h3-4,6,8-12,20H,5,7,13-16H2,1-2H3,(H,23,27)/t20-/m1/s1. The lowest BCUT2D eigenvalue weighted by molar-refractivity contribution is 0.113. The van der Waals surface area contributed by atoms with Crippen molar-refractivity contribution in [3.8, 4) is 0 Å². The summed E-state index contributed by atoms with van der Waals surface area (Å²) in [5.74, 6) is 0. The first-order valence-electron chi connectivity index (χ1n) is 9.42. The Morgan fingerprint density at radius 3 is 2.63 bits per heavy atom. The van der Waals surface area contributed by atoms with Crippen molar-refractivity contribution in [1.29, 1.82) is 0 Å². The van der Waals surface area contributed by atoms with Gasteiger partial charge in [0.15, 0.2) is 5.11 Å². The summed E-state index contributed by atoms with van der Waals surface area (Å²) in [6.07, 6.45) is 4.32. The number of thiocarbonyl (C=S) groups is 1. The van der Waals surface area contributed by atoms with Gasteiger partial charge in [-0.3, -0.25) is 4.98 Å². The van der Waals surface area contributed by atoms with E-state index < -0.39 is 0 Å². The maximum Gasteiger partial charge on any atom is 0.169 e. The van der Waals surface area contributed by atoms with Gasteiger partial charge in [0.05, 0.1) is 18.3 Å². The topological polar surface area (TPSA) is 40.6 Å². The van der Waals surface area contributed by atoms with Crippen molar-refractivity contribution in [2.24, 2.45) is 0 Å². The zero-order chi connectivity index (χ0) is 19.1. The number of rotatable bonds is 7. The Hall–Kier alpha value is -2.18. The van der Waals surface area contributed by atoms with Gasteiger partial charge in [-0.25, -0.2) is 0 Å². The molecule has 3 rings (SSSR count). The average Bonchev–Trinajstić information content (AvgIpc) is 3.20. The molecule has 1 aromatic heterocycles. The highest BCUT2D eigenvalue weighted by atomic mass is 32.1. The molecule has 1 N–H and O–H groups in total. The number of hydrogen-bond acceptors (Lipinski definition) is 4. The second kappa shape index (κ2) is 9.67. The van der Waals surface area contributed by atoms with Crippen LogP contribution in [0.25, 0.3) is 0 Å². The number of benzene rings is 1. The lowest BCUT2D eigenvalue weighted by Gasteiger charge is -2.27. The summed E-state index contributed by atoms with van der Waals surface area (Å²) < 4.78 is 5.70. The van der Waals surface area contributed by atoms with Crippen LogP contribution >= 0.6 is 12.2 Å². The molecule has 144 valence electrons. The van der Waals surface area contributed by atoms with Crippen LogP contribution in [0.4, 0.5) is 5.69 Å². The SMILES string of the molecule is CN(C)c1ccc(CN(Cc2ccccn2)C(=S)NC[C@H]2CCCO2)cc1. The maximum absolute atomic E-state index is 5.70. The Morgan fingerprint density at radius 2 is 2.00 bits per heavy atom. The predicted octanol–water partition coefficient (Wildman–Crippen LogP) is 3.20. The smallest absolute Gasteiger partial charge is 0.169 e. The second-order valence-electron chi connectivity index (χ2n) is 7.06. The van der Waals surface area contributed by atoms with E-state index in [0.717, 1.165) is 43.3 Å². The molecular formula is C21H28N4OS. The summed E-state index contributed by atoms with van der Waals surface area (Å²) in [6, 6.07) is 14.6. The Bertz CT molecular complexity index is 715. The van der Waals surface area contributed by atoms with Gasteiger partial charge in [0.25, 0.3) is 0 Å². The normalized spacial score (nSPS) is 16.1. The van der Waals surface area contributed by atoms with Crippen molar-refractivity contribution >= 4 is 23.0 Å². The molecule has 2 heterocycles. The summed E-state index contributed by atoms with van der Waals surface area (Å²) in [5, 5.41) is 4.13. The van der Waals surface area contributed by atoms with Gasteiger partial charge in [-0.15, -0.1) is 0 Å². The Kier molecular flexibility index (Phi) is 7.01. The number of nitrogens with zero attached hydrogens (tertiary/aromatic N) is 3. The van der Waals surface area contributed by atoms with Gasteiger partial charge in [0, 0.05) is 45.7 Å². The minimum atomic E-state index is 0.263. The first-order valence-corrected chi connectivity index (χ1v) is 9.83. The first-order chi connectivity index (χ1) is 13.1. The molecule has 0 spiro atoms. The van der Waals surface area contributed by atoms with Crippen molar-refractivity contribution in [1.82, 2.24) is 15.2 Å². The van der Waals surface area contributed by atoms with Gasteiger partial charge in [0.2, 0.25) is 0 Å². The number of hydrogen-bond donors (Lipinski definition) is 1. The summed E-state index contributed by atoms with van der Waals surface area (Å²) in [5.41, 5.74) is 3.41. The molecule has 27 heavy (non-hydrogen) atoms. The van der Waals surface area contributed by atoms with Gasteiger partial charge in [-0.1, -0.05) is 18.2 Å². The van der Waals surface area contributed by atoms with E-state index in [9.17, 15) is 0 Å². The number of anilines is 1. The van der Waals surface area contributed by atoms with Gasteiger partial charge in [-0.2, -0.15) is 0 Å². The summed E-state index contributed by atoms with van der Waals surface area (Å²) in [7, 11) is 4.10. The summed E-state index contributed by atoms with van der Waals surface area (Å²) in [4.78, 5) is 8.72. The molecule has 0 bridgehead atoms. The molecule has 0 aliphatic carbocycles. The molecule has 2 aromatic rings. The molecule has 1 fully saturated rings. The molecule has 1 aliphatic heterocycles. The largest absolute Gasteiger partial charge is 0.378 e. The van der Waals surface area contributed by atoms with Crippen molar-refractivity contribution in [3.05, 3.63) is 59.9 Å². The van der Waals surface area contributed by atoms with E-state index in [4.69, 9.17) is 17.0 Å². The number of pyridine rings is 1. The van der Waals surface area contributed by atoms with Crippen LogP contribution in [-0.4, -0.2) is 48.3 Å². The van der Waals surface area contributed by atoms with Crippen LogP contribution in [0.3, 0.4) is 0 Å². The third kappa shape index (κ3) is 5.91. The van der Waals surface area contributed by atoms with E-state index in [1.54, 1.807) is 0 Å². The van der Waals surface area contributed by atoms with Crippen LogP contribution in [0.15, 0.2) is 48.7 Å². The van der Waals surface area contributed by atoms with E-state index in [2.05, 4.69) is 44.4 Å². The predicted molar refractivity (Wildman–Crippen MR) is 114 cm³/mol. The highest BCUT2D eigenvalue weighted by Gasteiger charge is 2.18. The molecular weight excluding hydrogens is 356 g/mol. The van der Waals surface area contributed by atoms with Gasteiger partial charge < -0.3 is 19.9 Å². The molecule has 1 aromatic carbocycles. The van der Waals surface area contributed by atoms with Crippen LogP contribution in [-0.2, 0) is 17.8 Å². The average molecular weight is 385 g/mol. The molecule has 1 saturated heterocycles. The summed E-state index contributed by atoms with van der Waals surface area (Å²) in [6.45, 7) is 3.03. The molecule has 6 heteroatoms. The number of aromatic nitrogens is 1. The van der Waals surface area contributed by atoms with E-state index in [-0.39, 0.29) is 6.10 Å². The van der Waals surface area contributed by atoms with Crippen molar-refractivity contribution in [3.63, 3.8) is 0 Å². The Morgan fingerprint density at radius 1 is 1.19 bits per heavy atom. The van der Waals surface area contributed by atoms with Crippen LogP contribution in [0.2, 0.25) is 0 Å². The fourth-order valence-corrected chi connectivity index (χ4v) is 3.34. The minimum Gasteiger partial charge on any atom is -0.378 e. The highest BCUT2D eigenvalue weighted by molar-refractivity contribution is 7.80. The Balaban J connectivity index is 1.67. The lowest BCUT2D eigenvalue weighted by Crippen LogP contribution is -2.42. The van der Waals surface area contributed by atoms with E-state index in [1.165, 1.54) is 11.3 Å². The zero-order valence-electron chi connectivity index (χ0n) is 16.1. The third-order valence-electron chi connectivity index (χ3n) is 4.70. The molecule has 1 atom stereocenters. The third-order valence-corrected chi connectivity index (χ3v) is 5.10. The maximum atomic E-state index is 5.70. The van der Waals surface area contributed by atoms with Crippen molar-refractivity contribution < 1.29 is 4.74 Å². The van der Waals surface area contributed by atoms with Crippen LogP contribution in [0.1, 0.15) is 24.1 Å². The first kappa shape index (κ1) is 19.6. The second-order valence-corrected chi connectivity index (χ2v) is 7.45. The summed E-state index contributed by atoms with van der Waals surface area (Å²) >= 11 is 5.70.